The van der Waals surface area contributed by atoms with Crippen LogP contribution in [0.4, 0.5) is 0 Å². The highest BCUT2D eigenvalue weighted by Gasteiger charge is 2.22. The smallest absolute Gasteiger partial charge is 0.302 e. The Morgan fingerprint density at radius 2 is 1.93 bits per heavy atom. The van der Waals surface area contributed by atoms with Crippen LogP contribution in [0.3, 0.4) is 0 Å². The zero-order valence-corrected chi connectivity index (χ0v) is 17.5. The van der Waals surface area contributed by atoms with Crippen molar-refractivity contribution in [2.24, 2.45) is 0 Å². The topological polar surface area (TPSA) is 73.2 Å². The third kappa shape index (κ3) is 4.55. The van der Waals surface area contributed by atoms with Gasteiger partial charge in [0.05, 0.1) is 22.8 Å². The first-order valence-corrected chi connectivity index (χ1v) is 10.7. The lowest BCUT2D eigenvalue weighted by atomic mass is 10.2. The van der Waals surface area contributed by atoms with E-state index in [4.69, 9.17) is 16.3 Å². The second-order valence-electron chi connectivity index (χ2n) is 6.43. The molecule has 1 unspecified atom stereocenters. The molecule has 1 heterocycles. The van der Waals surface area contributed by atoms with Gasteiger partial charge < -0.3 is 4.74 Å². The highest BCUT2D eigenvalue weighted by molar-refractivity contribution is 7.89. The molecule has 28 heavy (non-hydrogen) atoms. The zero-order valence-electron chi connectivity index (χ0n) is 15.9. The number of sulfonamides is 1. The summed E-state index contributed by atoms with van der Waals surface area (Å²) in [6.07, 6.45) is 1.62. The fraction of sp³-hybridized carbons (Fsp3) is 0.250. The largest absolute Gasteiger partial charge is 0.426 e. The van der Waals surface area contributed by atoms with Crippen molar-refractivity contribution in [3.05, 3.63) is 71.0 Å². The number of rotatable bonds is 7. The van der Waals surface area contributed by atoms with Gasteiger partial charge in [-0.3, -0.25) is 4.57 Å². The molecule has 0 saturated carbocycles. The van der Waals surface area contributed by atoms with E-state index < -0.39 is 16.1 Å². The maximum Gasteiger partial charge on any atom is 0.302 e. The van der Waals surface area contributed by atoms with E-state index in [2.05, 4.69) is 9.71 Å². The van der Waals surface area contributed by atoms with Gasteiger partial charge in [0, 0.05) is 11.6 Å². The molecule has 0 amide bonds. The number of hydrogen-bond donors (Lipinski definition) is 1. The van der Waals surface area contributed by atoms with Crippen LogP contribution in [0, 0.1) is 6.92 Å². The van der Waals surface area contributed by atoms with E-state index in [1.807, 2.05) is 42.7 Å². The van der Waals surface area contributed by atoms with Crippen LogP contribution < -0.4 is 9.46 Å². The van der Waals surface area contributed by atoms with E-state index in [1.165, 1.54) is 12.1 Å². The van der Waals surface area contributed by atoms with E-state index in [9.17, 15) is 8.42 Å². The molecule has 0 aliphatic carbocycles. The lowest BCUT2D eigenvalue weighted by molar-refractivity contribution is 0.408. The molecule has 0 aliphatic rings. The third-order valence-corrected chi connectivity index (χ3v) is 6.05. The van der Waals surface area contributed by atoms with E-state index in [0.717, 1.165) is 5.56 Å². The SMILES string of the molecule is CCn1c(C(C)NS(=O)(=O)c2cccc(Cl)c2)cnc1Oc1ccc(C)cc1. The number of nitrogens with one attached hydrogen (secondary N) is 1. The average molecular weight is 420 g/mol. The van der Waals surface area contributed by atoms with E-state index in [0.29, 0.717) is 29.0 Å². The maximum absolute atomic E-state index is 12.7. The number of benzene rings is 2. The van der Waals surface area contributed by atoms with Crippen LogP contribution >= 0.6 is 11.6 Å². The molecular formula is C20H22ClN3O3S. The summed E-state index contributed by atoms with van der Waals surface area (Å²) in [5.74, 6) is 0.671. The number of aromatic nitrogens is 2. The maximum atomic E-state index is 12.7. The number of ether oxygens (including phenoxy) is 1. The molecule has 0 bridgehead atoms. The molecule has 1 aromatic heterocycles. The minimum atomic E-state index is -3.73. The quantitative estimate of drug-likeness (QED) is 0.602. The molecule has 0 fully saturated rings. The van der Waals surface area contributed by atoms with Gasteiger partial charge in [-0.1, -0.05) is 35.4 Å². The van der Waals surface area contributed by atoms with Gasteiger partial charge in [-0.05, 0) is 51.1 Å². The lowest BCUT2D eigenvalue weighted by Gasteiger charge is -2.17. The second kappa shape index (κ2) is 8.34. The lowest BCUT2D eigenvalue weighted by Crippen LogP contribution is -2.28. The van der Waals surface area contributed by atoms with Crippen molar-refractivity contribution in [1.82, 2.24) is 14.3 Å². The molecule has 3 aromatic rings. The van der Waals surface area contributed by atoms with Crippen LogP contribution in [0.5, 0.6) is 11.8 Å². The zero-order chi connectivity index (χ0) is 20.3. The van der Waals surface area contributed by atoms with Crippen molar-refractivity contribution in [1.29, 1.82) is 0 Å². The van der Waals surface area contributed by atoms with Crippen molar-refractivity contribution in [3.63, 3.8) is 0 Å². The molecule has 0 spiro atoms. The molecule has 0 saturated heterocycles. The first kappa shape index (κ1) is 20.4. The normalized spacial score (nSPS) is 12.7. The first-order valence-electron chi connectivity index (χ1n) is 8.88. The summed E-state index contributed by atoms with van der Waals surface area (Å²) in [6.45, 7) is 6.30. The van der Waals surface area contributed by atoms with Crippen molar-refractivity contribution in [2.75, 3.05) is 0 Å². The van der Waals surface area contributed by atoms with Crippen molar-refractivity contribution < 1.29 is 13.2 Å². The van der Waals surface area contributed by atoms with E-state index in [1.54, 1.807) is 25.3 Å². The van der Waals surface area contributed by atoms with Crippen LogP contribution in [-0.4, -0.2) is 18.0 Å². The van der Waals surface area contributed by atoms with E-state index in [-0.39, 0.29) is 4.90 Å². The predicted octanol–water partition coefficient (Wildman–Crippen LogP) is 4.70. The Morgan fingerprint density at radius 3 is 2.57 bits per heavy atom. The monoisotopic (exact) mass is 419 g/mol. The second-order valence-corrected chi connectivity index (χ2v) is 8.58. The van der Waals surface area contributed by atoms with Gasteiger partial charge in [0.2, 0.25) is 10.0 Å². The van der Waals surface area contributed by atoms with Crippen LogP contribution in [0.25, 0.3) is 0 Å². The molecule has 0 aliphatic heterocycles. The van der Waals surface area contributed by atoms with Gasteiger partial charge in [0.1, 0.15) is 5.75 Å². The fourth-order valence-electron chi connectivity index (χ4n) is 2.82. The van der Waals surface area contributed by atoms with Crippen molar-refractivity contribution in [2.45, 2.75) is 38.3 Å². The van der Waals surface area contributed by atoms with Gasteiger partial charge in [-0.15, -0.1) is 0 Å². The molecule has 1 N–H and O–H groups in total. The molecule has 6 nitrogen and oxygen atoms in total. The Kier molecular flexibility index (Phi) is 6.07. The Balaban J connectivity index is 1.83. The highest BCUT2D eigenvalue weighted by atomic mass is 35.5. The molecule has 148 valence electrons. The Hall–Kier alpha value is -2.35. The summed E-state index contributed by atoms with van der Waals surface area (Å²) in [6, 6.07) is 13.7. The number of halogens is 1. The summed E-state index contributed by atoms with van der Waals surface area (Å²) >= 11 is 5.92. The number of imidazole rings is 1. The summed E-state index contributed by atoms with van der Waals surface area (Å²) in [7, 11) is -3.73. The Labute approximate surface area is 170 Å². The molecule has 1 atom stereocenters. The molecule has 8 heteroatoms. The van der Waals surface area contributed by atoms with Crippen molar-refractivity contribution in [3.8, 4) is 11.8 Å². The molecule has 3 rings (SSSR count). The number of hydrogen-bond acceptors (Lipinski definition) is 4. The Morgan fingerprint density at radius 1 is 1.21 bits per heavy atom. The van der Waals surface area contributed by atoms with Crippen LogP contribution in [0.2, 0.25) is 5.02 Å². The van der Waals surface area contributed by atoms with Gasteiger partial charge in [-0.25, -0.2) is 18.1 Å². The van der Waals surface area contributed by atoms with Gasteiger partial charge in [-0.2, -0.15) is 0 Å². The summed E-state index contributed by atoms with van der Waals surface area (Å²) in [4.78, 5) is 4.44. The number of aryl methyl sites for hydroxylation is 1. The fourth-order valence-corrected chi connectivity index (χ4v) is 4.34. The number of nitrogens with zero attached hydrogens (tertiary/aromatic N) is 2. The van der Waals surface area contributed by atoms with Gasteiger partial charge in [0.15, 0.2) is 0 Å². The predicted molar refractivity (Wildman–Crippen MR) is 109 cm³/mol. The first-order chi connectivity index (χ1) is 13.3. The van der Waals surface area contributed by atoms with Crippen LogP contribution in [0.1, 0.15) is 31.1 Å². The summed E-state index contributed by atoms with van der Waals surface area (Å²) in [5.41, 5.74) is 1.84. The third-order valence-electron chi connectivity index (χ3n) is 4.28. The summed E-state index contributed by atoms with van der Waals surface area (Å²) in [5, 5.41) is 0.364. The standard InChI is InChI=1S/C20H22ClN3O3S/c1-4-24-19(13-22-20(24)27-17-10-8-14(2)9-11-17)15(3)23-28(25,26)18-7-5-6-16(21)12-18/h5-13,15,23H,4H2,1-3H3. The minimum absolute atomic E-state index is 0.116. The van der Waals surface area contributed by atoms with E-state index >= 15 is 0 Å². The molecular weight excluding hydrogens is 398 g/mol. The summed E-state index contributed by atoms with van der Waals surface area (Å²) < 4.78 is 35.7. The Bertz CT molecular complexity index is 1060. The van der Waals surface area contributed by atoms with Crippen molar-refractivity contribution >= 4 is 21.6 Å². The average Bonchev–Trinajstić information content (AvgIpc) is 3.06. The van der Waals surface area contributed by atoms with Gasteiger partial charge >= 0.3 is 6.01 Å². The van der Waals surface area contributed by atoms with Crippen LogP contribution in [0.15, 0.2) is 59.6 Å². The van der Waals surface area contributed by atoms with Gasteiger partial charge in [0.25, 0.3) is 0 Å². The van der Waals surface area contributed by atoms with Crippen LogP contribution in [-0.2, 0) is 16.6 Å². The highest BCUT2D eigenvalue weighted by Crippen LogP contribution is 2.26. The molecule has 2 aromatic carbocycles. The minimum Gasteiger partial charge on any atom is -0.426 e. The molecule has 0 radical (unpaired) electrons.